The molecule has 0 spiro atoms. The minimum atomic E-state index is -0.487. The minimum Gasteiger partial charge on any atom is -0.465 e. The lowest BCUT2D eigenvalue weighted by molar-refractivity contribution is -0.113. The number of rotatable bonds is 9. The van der Waals surface area contributed by atoms with E-state index in [9.17, 15) is 14.4 Å². The van der Waals surface area contributed by atoms with Crippen LogP contribution >= 0.6 is 0 Å². The highest BCUT2D eigenvalue weighted by atomic mass is 16.3. The molecule has 4 rings (SSSR count). The fourth-order valence-corrected chi connectivity index (χ4v) is 3.64. The van der Waals surface area contributed by atoms with Gasteiger partial charge in [0.15, 0.2) is 5.78 Å². The lowest BCUT2D eigenvalue weighted by Gasteiger charge is -2.12. The van der Waals surface area contributed by atoms with E-state index in [0.717, 1.165) is 5.56 Å². The van der Waals surface area contributed by atoms with E-state index in [2.05, 4.69) is 24.5 Å². The zero-order valence-corrected chi connectivity index (χ0v) is 21.2. The van der Waals surface area contributed by atoms with Gasteiger partial charge in [0, 0.05) is 16.8 Å². The first-order valence-electron chi connectivity index (χ1n) is 12.2. The quantitative estimate of drug-likeness (QED) is 0.196. The van der Waals surface area contributed by atoms with Crippen LogP contribution in [0.1, 0.15) is 57.4 Å². The van der Waals surface area contributed by atoms with Crippen molar-refractivity contribution in [2.45, 2.75) is 19.8 Å². The van der Waals surface area contributed by atoms with Crippen molar-refractivity contribution in [2.24, 2.45) is 0 Å². The summed E-state index contributed by atoms with van der Waals surface area (Å²) in [7, 11) is 0. The van der Waals surface area contributed by atoms with Gasteiger partial charge in [-0.3, -0.25) is 14.4 Å². The molecule has 6 nitrogen and oxygen atoms in total. The summed E-state index contributed by atoms with van der Waals surface area (Å²) in [6.45, 7) is 4.22. The van der Waals surface area contributed by atoms with E-state index >= 15 is 0 Å². The second kappa shape index (κ2) is 12.3. The number of carbonyl (C=O) groups excluding carboxylic acids is 3. The monoisotopic (exact) mass is 504 g/mol. The van der Waals surface area contributed by atoms with Crippen LogP contribution in [0, 0.1) is 0 Å². The van der Waals surface area contributed by atoms with E-state index in [1.807, 2.05) is 30.3 Å². The molecule has 6 heteroatoms. The Morgan fingerprint density at radius 3 is 2.13 bits per heavy atom. The summed E-state index contributed by atoms with van der Waals surface area (Å²) in [5, 5.41) is 5.54. The third-order valence-corrected chi connectivity index (χ3v) is 5.81. The fraction of sp³-hybridized carbons (Fsp3) is 0.0938. The van der Waals surface area contributed by atoms with Crippen molar-refractivity contribution < 1.29 is 18.8 Å². The van der Waals surface area contributed by atoms with Gasteiger partial charge in [0.1, 0.15) is 11.5 Å². The second-order valence-corrected chi connectivity index (χ2v) is 8.94. The molecule has 0 fully saturated rings. The predicted molar refractivity (Wildman–Crippen MR) is 150 cm³/mol. The number of furan rings is 1. The first-order valence-corrected chi connectivity index (χ1v) is 12.2. The molecule has 1 heterocycles. The third kappa shape index (κ3) is 7.04. The number of anilines is 1. The Kier molecular flexibility index (Phi) is 8.46. The molecule has 190 valence electrons. The van der Waals surface area contributed by atoms with Crippen molar-refractivity contribution in [3.8, 4) is 0 Å². The Labute approximate surface area is 221 Å². The Morgan fingerprint density at radius 2 is 1.50 bits per heavy atom. The van der Waals surface area contributed by atoms with E-state index in [4.69, 9.17) is 4.42 Å². The summed E-state index contributed by atoms with van der Waals surface area (Å²) in [5.74, 6) is -0.115. The first-order chi connectivity index (χ1) is 18.4. The van der Waals surface area contributed by atoms with Crippen LogP contribution in [0.5, 0.6) is 0 Å². The number of amides is 2. The summed E-state index contributed by atoms with van der Waals surface area (Å²) in [5.41, 5.74) is 3.43. The third-order valence-electron chi connectivity index (χ3n) is 5.81. The van der Waals surface area contributed by atoms with Gasteiger partial charge in [0.25, 0.3) is 11.8 Å². The van der Waals surface area contributed by atoms with Crippen LogP contribution in [0.25, 0.3) is 12.2 Å². The molecule has 1 aromatic heterocycles. The van der Waals surface area contributed by atoms with Crippen LogP contribution in [-0.2, 0) is 4.79 Å². The Bertz CT molecular complexity index is 1450. The van der Waals surface area contributed by atoms with Crippen molar-refractivity contribution in [3.63, 3.8) is 0 Å². The second-order valence-electron chi connectivity index (χ2n) is 8.94. The van der Waals surface area contributed by atoms with Gasteiger partial charge in [-0.05, 0) is 83.8 Å². The summed E-state index contributed by atoms with van der Waals surface area (Å²) < 4.78 is 5.20. The van der Waals surface area contributed by atoms with E-state index in [0.29, 0.717) is 28.5 Å². The number of hydrogen-bond acceptors (Lipinski definition) is 4. The van der Waals surface area contributed by atoms with Gasteiger partial charge in [-0.25, -0.2) is 0 Å². The molecule has 2 N–H and O–H groups in total. The van der Waals surface area contributed by atoms with E-state index in [-0.39, 0.29) is 11.5 Å². The smallest absolute Gasteiger partial charge is 0.272 e. The molecule has 0 saturated heterocycles. The van der Waals surface area contributed by atoms with Crippen LogP contribution in [0.3, 0.4) is 0 Å². The fourth-order valence-electron chi connectivity index (χ4n) is 3.64. The average Bonchev–Trinajstić information content (AvgIpc) is 3.46. The maximum atomic E-state index is 13.2. The van der Waals surface area contributed by atoms with Crippen LogP contribution in [-0.4, -0.2) is 17.6 Å². The average molecular weight is 505 g/mol. The van der Waals surface area contributed by atoms with Gasteiger partial charge in [-0.2, -0.15) is 0 Å². The molecule has 0 aliphatic heterocycles. The van der Waals surface area contributed by atoms with E-state index in [1.54, 1.807) is 72.8 Å². The maximum absolute atomic E-state index is 13.2. The predicted octanol–water partition coefficient (Wildman–Crippen LogP) is 6.71. The topological polar surface area (TPSA) is 88.4 Å². The van der Waals surface area contributed by atoms with E-state index in [1.165, 1.54) is 17.9 Å². The van der Waals surface area contributed by atoms with Crippen molar-refractivity contribution in [1.82, 2.24) is 5.32 Å². The molecule has 0 aliphatic rings. The molecule has 0 saturated carbocycles. The Hall–Kier alpha value is -4.97. The number of ketones is 1. The number of hydrogen-bond donors (Lipinski definition) is 2. The lowest BCUT2D eigenvalue weighted by Crippen LogP contribution is -2.30. The molecular weight excluding hydrogens is 476 g/mol. The largest absolute Gasteiger partial charge is 0.465 e. The summed E-state index contributed by atoms with van der Waals surface area (Å²) in [6, 6.07) is 26.5. The van der Waals surface area contributed by atoms with Crippen molar-refractivity contribution >= 4 is 35.4 Å². The van der Waals surface area contributed by atoms with Gasteiger partial charge < -0.3 is 15.1 Å². The van der Waals surface area contributed by atoms with Crippen molar-refractivity contribution in [3.05, 3.63) is 137 Å². The zero-order chi connectivity index (χ0) is 26.9. The number of nitrogens with one attached hydrogen (secondary N) is 2. The van der Waals surface area contributed by atoms with Crippen LogP contribution < -0.4 is 10.6 Å². The SMILES string of the molecule is CC(C)c1ccc(/C=C(\NC(=O)c2ccccc2)C(=O)Nc2ccc(C(=O)/C=C/c3ccco3)cc2)cc1. The van der Waals surface area contributed by atoms with Gasteiger partial charge in [0.2, 0.25) is 0 Å². The number of benzene rings is 3. The highest BCUT2D eigenvalue weighted by Crippen LogP contribution is 2.17. The first kappa shape index (κ1) is 26.1. The molecule has 0 bridgehead atoms. The summed E-state index contributed by atoms with van der Waals surface area (Å²) in [4.78, 5) is 38.5. The molecule has 3 aromatic carbocycles. The van der Waals surface area contributed by atoms with Crippen LogP contribution in [0.2, 0.25) is 0 Å². The molecular formula is C32H28N2O4. The van der Waals surface area contributed by atoms with Gasteiger partial charge in [0.05, 0.1) is 6.26 Å². The van der Waals surface area contributed by atoms with Crippen molar-refractivity contribution in [2.75, 3.05) is 5.32 Å². The number of allylic oxidation sites excluding steroid dienone is 1. The molecule has 4 aromatic rings. The normalized spacial score (nSPS) is 11.5. The Morgan fingerprint density at radius 1 is 0.789 bits per heavy atom. The highest BCUT2D eigenvalue weighted by Gasteiger charge is 2.15. The maximum Gasteiger partial charge on any atom is 0.272 e. The van der Waals surface area contributed by atoms with Crippen LogP contribution in [0.4, 0.5) is 5.69 Å². The van der Waals surface area contributed by atoms with Gasteiger partial charge in [-0.1, -0.05) is 56.3 Å². The molecule has 0 unspecified atom stereocenters. The minimum absolute atomic E-state index is 0.0951. The molecule has 38 heavy (non-hydrogen) atoms. The van der Waals surface area contributed by atoms with Gasteiger partial charge >= 0.3 is 0 Å². The molecule has 0 radical (unpaired) electrons. The standard InChI is InChI=1S/C32H28N2O4/c1-22(2)24-12-10-23(11-13-24)21-29(34-31(36)26-7-4-3-5-8-26)32(37)33-27-16-14-25(15-17-27)30(35)19-18-28-9-6-20-38-28/h3-22H,1-2H3,(H,33,37)(H,34,36)/b19-18+,29-21-. The number of carbonyl (C=O) groups is 3. The van der Waals surface area contributed by atoms with Crippen LogP contribution in [0.15, 0.2) is 113 Å². The molecule has 2 amide bonds. The van der Waals surface area contributed by atoms with E-state index < -0.39 is 11.8 Å². The lowest BCUT2D eigenvalue weighted by atomic mass is 10.0. The zero-order valence-electron chi connectivity index (χ0n) is 21.2. The summed E-state index contributed by atoms with van der Waals surface area (Å²) >= 11 is 0. The van der Waals surface area contributed by atoms with Gasteiger partial charge in [-0.15, -0.1) is 0 Å². The molecule has 0 atom stereocenters. The van der Waals surface area contributed by atoms with Crippen molar-refractivity contribution in [1.29, 1.82) is 0 Å². The summed E-state index contributed by atoms with van der Waals surface area (Å²) in [6.07, 6.45) is 6.19. The Balaban J connectivity index is 1.51. The highest BCUT2D eigenvalue weighted by molar-refractivity contribution is 6.11. The molecule has 0 aliphatic carbocycles.